The SMILES string of the molecule is COC(=O)CS(=O)(=O)C1CCCCC1C#N. The van der Waals surface area contributed by atoms with Gasteiger partial charge in [0, 0.05) is 0 Å². The molecule has 2 atom stereocenters. The first-order chi connectivity index (χ1) is 7.51. The molecule has 0 heterocycles. The molecule has 0 saturated heterocycles. The van der Waals surface area contributed by atoms with Gasteiger partial charge in [-0.1, -0.05) is 12.8 Å². The second-order valence-electron chi connectivity index (χ2n) is 3.94. The number of methoxy groups -OCH3 is 1. The first-order valence-electron chi connectivity index (χ1n) is 5.19. The van der Waals surface area contributed by atoms with Crippen LogP contribution in [-0.4, -0.2) is 32.5 Å². The summed E-state index contributed by atoms with van der Waals surface area (Å²) in [5.41, 5.74) is 0. The van der Waals surface area contributed by atoms with E-state index >= 15 is 0 Å². The predicted molar refractivity (Wildman–Crippen MR) is 57.2 cm³/mol. The maximum Gasteiger partial charge on any atom is 0.320 e. The molecule has 0 spiro atoms. The van der Waals surface area contributed by atoms with E-state index in [0.29, 0.717) is 12.8 Å². The van der Waals surface area contributed by atoms with Crippen molar-refractivity contribution in [2.75, 3.05) is 12.9 Å². The fourth-order valence-corrected chi connectivity index (χ4v) is 3.89. The van der Waals surface area contributed by atoms with Crippen LogP contribution < -0.4 is 0 Å². The number of ether oxygens (including phenoxy) is 1. The molecule has 16 heavy (non-hydrogen) atoms. The van der Waals surface area contributed by atoms with E-state index in [4.69, 9.17) is 5.26 Å². The molecule has 0 amide bonds. The number of hydrogen-bond donors (Lipinski definition) is 0. The first kappa shape index (κ1) is 13.0. The van der Waals surface area contributed by atoms with Gasteiger partial charge in [0.1, 0.15) is 5.75 Å². The molecule has 1 fully saturated rings. The zero-order valence-corrected chi connectivity index (χ0v) is 10.00. The van der Waals surface area contributed by atoms with Crippen molar-refractivity contribution in [2.45, 2.75) is 30.9 Å². The molecule has 0 aromatic carbocycles. The Morgan fingerprint density at radius 3 is 2.62 bits per heavy atom. The lowest BCUT2D eigenvalue weighted by Crippen LogP contribution is -2.36. The van der Waals surface area contributed by atoms with Crippen LogP contribution in [0.2, 0.25) is 0 Å². The molecule has 5 nitrogen and oxygen atoms in total. The minimum Gasteiger partial charge on any atom is -0.468 e. The van der Waals surface area contributed by atoms with Gasteiger partial charge in [-0.15, -0.1) is 0 Å². The molecular formula is C10H15NO4S. The van der Waals surface area contributed by atoms with Crippen molar-refractivity contribution in [3.63, 3.8) is 0 Å². The van der Waals surface area contributed by atoms with Crippen LogP contribution in [0.4, 0.5) is 0 Å². The van der Waals surface area contributed by atoms with Crippen molar-refractivity contribution in [3.05, 3.63) is 0 Å². The summed E-state index contributed by atoms with van der Waals surface area (Å²) in [6, 6.07) is 2.02. The summed E-state index contributed by atoms with van der Waals surface area (Å²) in [4.78, 5) is 11.0. The molecule has 0 N–H and O–H groups in total. The Morgan fingerprint density at radius 2 is 2.06 bits per heavy atom. The van der Waals surface area contributed by atoms with Crippen LogP contribution >= 0.6 is 0 Å². The first-order valence-corrected chi connectivity index (χ1v) is 6.91. The normalized spacial score (nSPS) is 25.8. The highest BCUT2D eigenvalue weighted by Gasteiger charge is 2.36. The molecular weight excluding hydrogens is 230 g/mol. The van der Waals surface area contributed by atoms with E-state index in [1.165, 1.54) is 0 Å². The Hall–Kier alpha value is -1.09. The van der Waals surface area contributed by atoms with Crippen molar-refractivity contribution in [1.82, 2.24) is 0 Å². The fraction of sp³-hybridized carbons (Fsp3) is 0.800. The van der Waals surface area contributed by atoms with Crippen LogP contribution in [0.15, 0.2) is 0 Å². The third-order valence-electron chi connectivity index (χ3n) is 2.88. The second-order valence-corrected chi connectivity index (χ2v) is 6.16. The molecule has 2 unspecified atom stereocenters. The van der Waals surface area contributed by atoms with E-state index in [9.17, 15) is 13.2 Å². The van der Waals surface area contributed by atoms with Gasteiger partial charge in [0.25, 0.3) is 0 Å². The summed E-state index contributed by atoms with van der Waals surface area (Å²) < 4.78 is 28.1. The van der Waals surface area contributed by atoms with E-state index in [1.807, 2.05) is 6.07 Å². The smallest absolute Gasteiger partial charge is 0.320 e. The highest BCUT2D eigenvalue weighted by Crippen LogP contribution is 2.29. The number of esters is 1. The molecule has 1 rings (SSSR count). The highest BCUT2D eigenvalue weighted by molar-refractivity contribution is 7.92. The van der Waals surface area contributed by atoms with Crippen LogP contribution in [0.5, 0.6) is 0 Å². The van der Waals surface area contributed by atoms with Gasteiger partial charge >= 0.3 is 5.97 Å². The minimum absolute atomic E-state index is 0.470. The van der Waals surface area contributed by atoms with Crippen molar-refractivity contribution >= 4 is 15.8 Å². The maximum atomic E-state index is 11.9. The van der Waals surface area contributed by atoms with E-state index in [1.54, 1.807) is 0 Å². The Bertz CT molecular complexity index is 396. The molecule has 0 aromatic heterocycles. The van der Waals surface area contributed by atoms with E-state index in [2.05, 4.69) is 4.74 Å². The summed E-state index contributed by atoms with van der Waals surface area (Å²) >= 11 is 0. The van der Waals surface area contributed by atoms with Gasteiger partial charge in [-0.05, 0) is 12.8 Å². The summed E-state index contributed by atoms with van der Waals surface area (Å²) in [5.74, 6) is -1.86. The van der Waals surface area contributed by atoms with Crippen LogP contribution in [-0.2, 0) is 19.4 Å². The maximum absolute atomic E-state index is 11.9. The molecule has 1 saturated carbocycles. The van der Waals surface area contributed by atoms with Crippen molar-refractivity contribution in [1.29, 1.82) is 5.26 Å². The second kappa shape index (κ2) is 5.30. The Kier molecular flexibility index (Phi) is 4.30. The average Bonchev–Trinajstić information content (AvgIpc) is 2.28. The summed E-state index contributed by atoms with van der Waals surface area (Å²) in [6.45, 7) is 0. The summed E-state index contributed by atoms with van der Waals surface area (Å²) in [6.07, 6.45) is 2.74. The molecule has 1 aliphatic rings. The van der Waals surface area contributed by atoms with Crippen LogP contribution in [0.3, 0.4) is 0 Å². The highest BCUT2D eigenvalue weighted by atomic mass is 32.2. The number of sulfone groups is 1. The van der Waals surface area contributed by atoms with Crippen molar-refractivity contribution < 1.29 is 17.9 Å². The van der Waals surface area contributed by atoms with Gasteiger partial charge in [-0.3, -0.25) is 4.79 Å². The Labute approximate surface area is 95.3 Å². The minimum atomic E-state index is -3.55. The number of rotatable bonds is 3. The molecule has 0 bridgehead atoms. The zero-order chi connectivity index (χ0) is 12.2. The lowest BCUT2D eigenvalue weighted by atomic mass is 9.90. The van der Waals surface area contributed by atoms with Gasteiger partial charge < -0.3 is 4.74 Å². The topological polar surface area (TPSA) is 84.2 Å². The number of nitriles is 1. The van der Waals surface area contributed by atoms with Crippen molar-refractivity contribution in [3.8, 4) is 6.07 Å². The summed E-state index contributed by atoms with van der Waals surface area (Å²) in [7, 11) is -2.40. The predicted octanol–water partition coefficient (Wildman–Crippen LogP) is 0.657. The van der Waals surface area contributed by atoms with Gasteiger partial charge in [-0.2, -0.15) is 5.26 Å². The molecule has 90 valence electrons. The third-order valence-corrected chi connectivity index (χ3v) is 5.00. The monoisotopic (exact) mass is 245 g/mol. The lowest BCUT2D eigenvalue weighted by Gasteiger charge is -2.25. The third kappa shape index (κ3) is 2.95. The van der Waals surface area contributed by atoms with Crippen LogP contribution in [0, 0.1) is 17.2 Å². The fourth-order valence-electron chi connectivity index (χ4n) is 2.00. The van der Waals surface area contributed by atoms with Gasteiger partial charge in [0.15, 0.2) is 9.84 Å². The van der Waals surface area contributed by atoms with E-state index in [0.717, 1.165) is 20.0 Å². The molecule has 1 aliphatic carbocycles. The number of hydrogen-bond acceptors (Lipinski definition) is 5. The van der Waals surface area contributed by atoms with Gasteiger partial charge in [-0.25, -0.2) is 8.42 Å². The zero-order valence-electron chi connectivity index (χ0n) is 9.18. The largest absolute Gasteiger partial charge is 0.468 e. The molecule has 0 radical (unpaired) electrons. The molecule has 0 aliphatic heterocycles. The van der Waals surface area contributed by atoms with E-state index < -0.39 is 32.7 Å². The quantitative estimate of drug-likeness (QED) is 0.682. The van der Waals surface area contributed by atoms with Crippen LogP contribution in [0.25, 0.3) is 0 Å². The number of nitrogens with zero attached hydrogens (tertiary/aromatic N) is 1. The van der Waals surface area contributed by atoms with Gasteiger partial charge in [0.2, 0.25) is 0 Å². The lowest BCUT2D eigenvalue weighted by molar-refractivity contribution is -0.137. The average molecular weight is 245 g/mol. The summed E-state index contributed by atoms with van der Waals surface area (Å²) in [5, 5.41) is 8.18. The van der Waals surface area contributed by atoms with Crippen LogP contribution in [0.1, 0.15) is 25.7 Å². The standard InChI is InChI=1S/C10H15NO4S/c1-15-10(12)7-16(13,14)9-5-3-2-4-8(9)6-11/h8-9H,2-5,7H2,1H3. The van der Waals surface area contributed by atoms with E-state index in [-0.39, 0.29) is 0 Å². The number of carbonyl (C=O) groups excluding carboxylic acids is 1. The van der Waals surface area contributed by atoms with Crippen molar-refractivity contribution in [2.24, 2.45) is 5.92 Å². The molecule has 6 heteroatoms. The Balaban J connectivity index is 2.81. The number of carbonyl (C=O) groups is 1. The Morgan fingerprint density at radius 1 is 1.44 bits per heavy atom. The van der Waals surface area contributed by atoms with Gasteiger partial charge in [0.05, 0.1) is 24.3 Å². The molecule has 0 aromatic rings.